The van der Waals surface area contributed by atoms with Crippen LogP contribution in [0.2, 0.25) is 0 Å². The molecule has 2 aliphatic rings. The van der Waals surface area contributed by atoms with Crippen molar-refractivity contribution in [3.8, 4) is 11.5 Å². The van der Waals surface area contributed by atoms with Crippen LogP contribution in [0.5, 0.6) is 11.5 Å². The third kappa shape index (κ3) is 2.12. The number of rotatable bonds is 1. The van der Waals surface area contributed by atoms with Crippen molar-refractivity contribution >= 4 is 5.69 Å². The molecule has 0 amide bonds. The first-order chi connectivity index (χ1) is 10.2. The summed E-state index contributed by atoms with van der Waals surface area (Å²) in [4.78, 5) is 0. The van der Waals surface area contributed by atoms with E-state index in [1.165, 1.54) is 5.56 Å². The molecule has 2 aliphatic heterocycles. The Morgan fingerprint density at radius 3 is 2.52 bits per heavy atom. The fourth-order valence-electron chi connectivity index (χ4n) is 3.01. The lowest BCUT2D eigenvalue weighted by Gasteiger charge is -2.31. The Labute approximate surface area is 123 Å². The second-order valence-corrected chi connectivity index (χ2v) is 5.60. The zero-order valence-corrected chi connectivity index (χ0v) is 11.8. The van der Waals surface area contributed by atoms with Crippen molar-refractivity contribution in [3.05, 3.63) is 53.1 Å². The molecular weight excluding hydrogens is 266 g/mol. The van der Waals surface area contributed by atoms with Gasteiger partial charge < -0.3 is 19.9 Å². The molecule has 0 unspecified atom stereocenters. The maximum absolute atomic E-state index is 6.16. The molecule has 0 radical (unpaired) electrons. The average molecular weight is 283 g/mol. The Balaban J connectivity index is 1.81. The molecule has 0 bridgehead atoms. The van der Waals surface area contributed by atoms with E-state index < -0.39 is 0 Å². The third-order valence-electron chi connectivity index (χ3n) is 4.03. The minimum Gasteiger partial charge on any atom is -0.454 e. The molecule has 2 aromatic carbocycles. The summed E-state index contributed by atoms with van der Waals surface area (Å²) in [7, 11) is 0. The van der Waals surface area contributed by atoms with Crippen molar-refractivity contribution in [1.29, 1.82) is 0 Å². The Morgan fingerprint density at radius 2 is 1.76 bits per heavy atom. The number of nitrogen functional groups attached to an aromatic ring is 1. The topological polar surface area (TPSA) is 53.7 Å². The van der Waals surface area contributed by atoms with Crippen LogP contribution in [0, 0.1) is 0 Å². The Morgan fingerprint density at radius 1 is 1.05 bits per heavy atom. The fraction of sp³-hybridized carbons (Fsp3) is 0.294. The average Bonchev–Trinajstić information content (AvgIpc) is 2.92. The van der Waals surface area contributed by atoms with Crippen LogP contribution in [-0.4, -0.2) is 12.9 Å². The maximum atomic E-state index is 6.16. The van der Waals surface area contributed by atoms with Crippen LogP contribution >= 0.6 is 0 Å². The molecule has 4 rings (SSSR count). The summed E-state index contributed by atoms with van der Waals surface area (Å²) >= 11 is 0. The molecular formula is C17H17NO3. The Hall–Kier alpha value is -2.20. The first-order valence-electron chi connectivity index (χ1n) is 7.14. The minimum absolute atomic E-state index is 0.0844. The number of hydrogen-bond acceptors (Lipinski definition) is 4. The number of fused-ring (bicyclic) bond motifs is 2. The van der Waals surface area contributed by atoms with Gasteiger partial charge in [0.1, 0.15) is 6.10 Å². The summed E-state index contributed by atoms with van der Waals surface area (Å²) in [5, 5.41) is 0. The molecule has 4 nitrogen and oxygen atoms in total. The van der Waals surface area contributed by atoms with Crippen LogP contribution in [0.25, 0.3) is 0 Å². The van der Waals surface area contributed by atoms with E-state index in [4.69, 9.17) is 19.9 Å². The van der Waals surface area contributed by atoms with Gasteiger partial charge >= 0.3 is 0 Å². The van der Waals surface area contributed by atoms with E-state index in [0.29, 0.717) is 6.79 Å². The molecule has 0 fully saturated rings. The molecule has 21 heavy (non-hydrogen) atoms. The van der Waals surface area contributed by atoms with Gasteiger partial charge in [-0.2, -0.15) is 0 Å². The van der Waals surface area contributed by atoms with Crippen LogP contribution in [0.15, 0.2) is 36.4 Å². The van der Waals surface area contributed by atoms with Gasteiger partial charge in [0.25, 0.3) is 0 Å². The van der Waals surface area contributed by atoms with E-state index in [1.54, 1.807) is 0 Å². The van der Waals surface area contributed by atoms with E-state index in [1.807, 2.05) is 30.3 Å². The molecule has 0 aliphatic carbocycles. The van der Waals surface area contributed by atoms with E-state index in [2.05, 4.69) is 13.0 Å². The van der Waals surface area contributed by atoms with Gasteiger partial charge in [0, 0.05) is 5.69 Å². The highest BCUT2D eigenvalue weighted by atomic mass is 16.7. The second kappa shape index (κ2) is 4.67. The molecule has 0 saturated heterocycles. The molecule has 0 aromatic heterocycles. The van der Waals surface area contributed by atoms with Crippen molar-refractivity contribution in [2.45, 2.75) is 25.6 Å². The highest BCUT2D eigenvalue weighted by molar-refractivity contribution is 5.52. The van der Waals surface area contributed by atoms with Gasteiger partial charge in [0.05, 0.1) is 6.10 Å². The number of anilines is 1. The van der Waals surface area contributed by atoms with Gasteiger partial charge in [-0.15, -0.1) is 0 Å². The van der Waals surface area contributed by atoms with Gasteiger partial charge in [-0.25, -0.2) is 0 Å². The molecule has 2 atom stereocenters. The lowest BCUT2D eigenvalue weighted by atomic mass is 9.90. The highest BCUT2D eigenvalue weighted by Gasteiger charge is 2.29. The molecule has 2 aromatic rings. The van der Waals surface area contributed by atoms with Gasteiger partial charge in [-0.3, -0.25) is 0 Å². The summed E-state index contributed by atoms with van der Waals surface area (Å²) in [6.45, 7) is 2.39. The van der Waals surface area contributed by atoms with Gasteiger partial charge in [-0.1, -0.05) is 12.1 Å². The zero-order valence-electron chi connectivity index (χ0n) is 11.8. The van der Waals surface area contributed by atoms with E-state index in [0.717, 1.165) is 34.7 Å². The molecule has 4 heteroatoms. The summed E-state index contributed by atoms with van der Waals surface area (Å²) in [5.41, 5.74) is 10.1. The number of nitrogens with two attached hydrogens (primary N) is 1. The summed E-state index contributed by atoms with van der Waals surface area (Å²) in [5.74, 6) is 1.63. The van der Waals surface area contributed by atoms with E-state index in [-0.39, 0.29) is 12.2 Å². The maximum Gasteiger partial charge on any atom is 0.231 e. The van der Waals surface area contributed by atoms with Crippen molar-refractivity contribution in [1.82, 2.24) is 0 Å². The Bertz CT molecular complexity index is 681. The van der Waals surface area contributed by atoms with Gasteiger partial charge in [0.2, 0.25) is 6.79 Å². The van der Waals surface area contributed by atoms with Crippen LogP contribution in [0.3, 0.4) is 0 Å². The summed E-state index contributed by atoms with van der Waals surface area (Å²) < 4.78 is 17.1. The third-order valence-corrected chi connectivity index (χ3v) is 4.03. The second-order valence-electron chi connectivity index (χ2n) is 5.60. The molecule has 2 N–H and O–H groups in total. The molecule has 2 heterocycles. The number of benzene rings is 2. The first kappa shape index (κ1) is 12.5. The van der Waals surface area contributed by atoms with E-state index in [9.17, 15) is 0 Å². The molecule has 0 saturated carbocycles. The predicted molar refractivity (Wildman–Crippen MR) is 79.5 cm³/mol. The smallest absolute Gasteiger partial charge is 0.231 e. The fourth-order valence-corrected chi connectivity index (χ4v) is 3.01. The predicted octanol–water partition coefficient (Wildman–Crippen LogP) is 3.05. The minimum atomic E-state index is -0.0844. The van der Waals surface area contributed by atoms with Crippen molar-refractivity contribution < 1.29 is 14.2 Å². The van der Waals surface area contributed by atoms with Crippen molar-refractivity contribution in [2.24, 2.45) is 0 Å². The van der Waals surface area contributed by atoms with Crippen LogP contribution in [0.4, 0.5) is 5.69 Å². The number of hydrogen-bond donors (Lipinski definition) is 1. The van der Waals surface area contributed by atoms with Crippen molar-refractivity contribution in [2.75, 3.05) is 12.5 Å². The first-order valence-corrected chi connectivity index (χ1v) is 7.14. The summed E-state index contributed by atoms with van der Waals surface area (Å²) in [6, 6.07) is 12.0. The van der Waals surface area contributed by atoms with Crippen LogP contribution in [0.1, 0.15) is 29.7 Å². The standard InChI is InChI=1S/C17H17NO3/c1-10-6-12-7-15-16(20-9-19-15)8-14(12)17(21-10)11-2-4-13(18)5-3-11/h2-5,7-8,10,17H,6,9,18H2,1H3/t10-,17-/m0/s1. The Kier molecular flexibility index (Phi) is 2.79. The van der Waals surface area contributed by atoms with Crippen LogP contribution < -0.4 is 15.2 Å². The monoisotopic (exact) mass is 283 g/mol. The lowest BCUT2D eigenvalue weighted by molar-refractivity contribution is 0.00720. The largest absolute Gasteiger partial charge is 0.454 e. The number of ether oxygens (including phenoxy) is 3. The normalized spacial score (nSPS) is 22.9. The summed E-state index contributed by atoms with van der Waals surface area (Å²) in [6.07, 6.45) is 0.969. The van der Waals surface area contributed by atoms with Crippen molar-refractivity contribution in [3.63, 3.8) is 0 Å². The molecule has 108 valence electrons. The zero-order chi connectivity index (χ0) is 14.4. The SMILES string of the molecule is C[C@H]1Cc2cc3c(cc2[C@H](c2ccc(N)cc2)O1)OCO3. The van der Waals surface area contributed by atoms with E-state index >= 15 is 0 Å². The molecule has 0 spiro atoms. The highest BCUT2D eigenvalue weighted by Crippen LogP contribution is 2.42. The lowest BCUT2D eigenvalue weighted by Crippen LogP contribution is -2.24. The van der Waals surface area contributed by atoms with Gasteiger partial charge in [0.15, 0.2) is 11.5 Å². The quantitative estimate of drug-likeness (QED) is 0.817. The van der Waals surface area contributed by atoms with Crippen LogP contribution in [-0.2, 0) is 11.2 Å². The van der Waals surface area contributed by atoms with Gasteiger partial charge in [-0.05, 0) is 54.3 Å².